The Morgan fingerprint density at radius 3 is 1.18 bits per heavy atom. The number of hydrogen-bond acceptors (Lipinski definition) is 2. The second kappa shape index (κ2) is 8.49. The van der Waals surface area contributed by atoms with E-state index in [2.05, 4.69) is 142 Å². The lowest BCUT2D eigenvalue weighted by Gasteiger charge is -2.31. The highest BCUT2D eigenvalue weighted by atomic mass is 14.8. The molecule has 0 unspecified atom stereocenters. The van der Waals surface area contributed by atoms with Crippen LogP contribution in [0.15, 0.2) is 72.8 Å². The van der Waals surface area contributed by atoms with Crippen molar-refractivity contribution in [3.63, 3.8) is 0 Å². The fraction of sp³-hybridized carbons (Fsp3) is 0.368. The molecule has 1 aliphatic heterocycles. The predicted molar refractivity (Wildman–Crippen MR) is 171 cm³/mol. The van der Waals surface area contributed by atoms with E-state index in [0.717, 1.165) is 33.2 Å². The van der Waals surface area contributed by atoms with Gasteiger partial charge in [-0.05, 0) is 56.3 Å². The molecule has 2 nitrogen and oxygen atoms in total. The van der Waals surface area contributed by atoms with Gasteiger partial charge in [0.25, 0.3) is 0 Å². The number of fused-ring (bicyclic) bond motifs is 7. The van der Waals surface area contributed by atoms with Gasteiger partial charge in [-0.2, -0.15) is 0 Å². The molecule has 0 fully saturated rings. The molecule has 3 heterocycles. The summed E-state index contributed by atoms with van der Waals surface area (Å²) in [5.74, 6) is 0. The van der Waals surface area contributed by atoms with Crippen LogP contribution in [0.2, 0.25) is 0 Å². The second-order valence-electron chi connectivity index (χ2n) is 15.0. The lowest BCUT2D eigenvalue weighted by atomic mass is 9.74. The van der Waals surface area contributed by atoms with Crippen molar-refractivity contribution in [3.8, 4) is 11.1 Å². The molecule has 2 heteroatoms. The van der Waals surface area contributed by atoms with Gasteiger partial charge < -0.3 is 0 Å². The molecule has 3 aromatic carbocycles. The number of rotatable bonds is 0. The van der Waals surface area contributed by atoms with Crippen LogP contribution < -0.4 is 0 Å². The van der Waals surface area contributed by atoms with Gasteiger partial charge in [-0.1, -0.05) is 130 Å². The summed E-state index contributed by atoms with van der Waals surface area (Å²) in [6, 6.07) is 27.6. The summed E-state index contributed by atoms with van der Waals surface area (Å²) in [6.45, 7) is 23.1. The summed E-state index contributed by atoms with van der Waals surface area (Å²) in [5, 5.41) is 2.26. The quantitative estimate of drug-likeness (QED) is 0.188. The summed E-state index contributed by atoms with van der Waals surface area (Å²) in [7, 11) is 0. The number of nitrogens with zero attached hydrogens (tertiary/aromatic N) is 2. The van der Waals surface area contributed by atoms with Crippen LogP contribution in [0.1, 0.15) is 103 Å². The van der Waals surface area contributed by atoms with E-state index in [-0.39, 0.29) is 21.7 Å². The molecule has 0 N–H and O–H groups in total. The Morgan fingerprint density at radius 1 is 0.475 bits per heavy atom. The number of hydrogen-bond donors (Lipinski definition) is 0. The zero-order valence-corrected chi connectivity index (χ0v) is 25.8. The Kier molecular flexibility index (Phi) is 5.67. The third kappa shape index (κ3) is 4.24. The smallest absolute Gasteiger partial charge is 0.0968 e. The van der Waals surface area contributed by atoms with Gasteiger partial charge in [0.05, 0.1) is 22.4 Å². The Bertz CT molecular complexity index is 1670. The van der Waals surface area contributed by atoms with Crippen molar-refractivity contribution in [3.05, 3.63) is 106 Å². The van der Waals surface area contributed by atoms with Crippen LogP contribution in [-0.4, -0.2) is 9.97 Å². The third-order valence-electron chi connectivity index (χ3n) is 9.18. The molecule has 1 aliphatic rings. The van der Waals surface area contributed by atoms with E-state index in [1.54, 1.807) is 0 Å². The van der Waals surface area contributed by atoms with E-state index in [4.69, 9.17) is 9.97 Å². The van der Waals surface area contributed by atoms with Gasteiger partial charge in [0.1, 0.15) is 0 Å². The molecule has 40 heavy (non-hydrogen) atoms. The van der Waals surface area contributed by atoms with Crippen molar-refractivity contribution in [1.82, 2.24) is 9.97 Å². The Balaban J connectivity index is 1.80. The van der Waals surface area contributed by atoms with Crippen LogP contribution in [0.5, 0.6) is 0 Å². The SMILES string of the molecule is CC(C)(C)c1cc2cc(c1)C(C)(C)c1ccc3ccc4ccc(nc4c3n1)C(C)(C)c1cc-2cc(C(C)(C)C)c1. The van der Waals surface area contributed by atoms with Crippen LogP contribution >= 0.6 is 0 Å². The molecule has 8 bridgehead atoms. The Morgan fingerprint density at radius 2 is 0.825 bits per heavy atom. The first-order valence-corrected chi connectivity index (χ1v) is 14.6. The van der Waals surface area contributed by atoms with Crippen molar-refractivity contribution >= 4 is 21.8 Å². The largest absolute Gasteiger partial charge is 0.250 e. The predicted octanol–water partition coefficient (Wildman–Crippen LogP) is 10.0. The van der Waals surface area contributed by atoms with Gasteiger partial charge in [-0.15, -0.1) is 0 Å². The van der Waals surface area contributed by atoms with E-state index in [1.165, 1.54) is 33.4 Å². The zero-order valence-electron chi connectivity index (χ0n) is 25.8. The summed E-state index contributed by atoms with van der Waals surface area (Å²) in [6.07, 6.45) is 0. The maximum atomic E-state index is 5.35. The van der Waals surface area contributed by atoms with E-state index in [1.807, 2.05) is 0 Å². The standard InChI is InChI=1S/C38H42N2/c1-35(2,3)27-17-25-19-29(21-27)37(7,8)31-15-13-23-11-12-24-14-16-32(40-34(24)33(23)39-31)38(9,10)30-20-26(25)18-28(22-30)36(4,5)6/h11-22H,1-10H3. The maximum absolute atomic E-state index is 5.35. The molecule has 0 radical (unpaired) electrons. The minimum Gasteiger partial charge on any atom is -0.250 e. The fourth-order valence-electron chi connectivity index (χ4n) is 5.94. The van der Waals surface area contributed by atoms with E-state index >= 15 is 0 Å². The lowest BCUT2D eigenvalue weighted by Crippen LogP contribution is -2.24. The third-order valence-corrected chi connectivity index (χ3v) is 9.18. The maximum Gasteiger partial charge on any atom is 0.0968 e. The van der Waals surface area contributed by atoms with Crippen molar-refractivity contribution in [2.75, 3.05) is 0 Å². The average Bonchev–Trinajstić information content (AvgIpc) is 2.90. The fourth-order valence-corrected chi connectivity index (χ4v) is 5.94. The Hall–Kier alpha value is -3.52. The van der Waals surface area contributed by atoms with Gasteiger partial charge in [0.2, 0.25) is 0 Å². The van der Waals surface area contributed by atoms with Gasteiger partial charge in [-0.25, -0.2) is 9.97 Å². The molecule has 0 aliphatic carbocycles. The molecule has 0 spiro atoms. The number of benzene rings is 3. The number of aromatic nitrogens is 2. The molecule has 204 valence electrons. The molecule has 0 saturated carbocycles. The monoisotopic (exact) mass is 526 g/mol. The first-order valence-electron chi connectivity index (χ1n) is 14.6. The minimum atomic E-state index is -0.294. The Labute approximate surface area is 239 Å². The van der Waals surface area contributed by atoms with Crippen molar-refractivity contribution in [1.29, 1.82) is 0 Å². The van der Waals surface area contributed by atoms with Gasteiger partial charge in [0.15, 0.2) is 0 Å². The number of pyridine rings is 2. The molecule has 0 amide bonds. The van der Waals surface area contributed by atoms with Crippen molar-refractivity contribution < 1.29 is 0 Å². The van der Waals surface area contributed by atoms with Crippen LogP contribution in [0.25, 0.3) is 32.9 Å². The first-order chi connectivity index (χ1) is 18.5. The minimum absolute atomic E-state index is 0.0142. The molecule has 5 aromatic rings. The second-order valence-corrected chi connectivity index (χ2v) is 15.0. The van der Waals surface area contributed by atoms with E-state index in [0.29, 0.717) is 0 Å². The lowest BCUT2D eigenvalue weighted by molar-refractivity contribution is 0.577. The molecular formula is C38H42N2. The molecule has 6 rings (SSSR count). The summed E-state index contributed by atoms with van der Waals surface area (Å²) < 4.78 is 0. The first kappa shape index (κ1) is 26.7. The summed E-state index contributed by atoms with van der Waals surface area (Å²) in [5.41, 5.74) is 11.3. The van der Waals surface area contributed by atoms with E-state index < -0.39 is 0 Å². The van der Waals surface area contributed by atoms with Gasteiger partial charge in [0, 0.05) is 21.6 Å². The molecule has 0 atom stereocenters. The summed E-state index contributed by atoms with van der Waals surface area (Å²) >= 11 is 0. The van der Waals surface area contributed by atoms with Gasteiger partial charge in [-0.3, -0.25) is 0 Å². The normalized spacial score (nSPS) is 16.1. The average molecular weight is 527 g/mol. The highest BCUT2D eigenvalue weighted by Crippen LogP contribution is 2.42. The highest BCUT2D eigenvalue weighted by molar-refractivity contribution is 6.02. The zero-order chi connectivity index (χ0) is 28.8. The van der Waals surface area contributed by atoms with Crippen LogP contribution in [-0.2, 0) is 21.7 Å². The van der Waals surface area contributed by atoms with Crippen LogP contribution in [0, 0.1) is 0 Å². The van der Waals surface area contributed by atoms with Crippen LogP contribution in [0.4, 0.5) is 0 Å². The highest BCUT2D eigenvalue weighted by Gasteiger charge is 2.31. The van der Waals surface area contributed by atoms with Crippen molar-refractivity contribution in [2.24, 2.45) is 0 Å². The molecule has 2 aromatic heterocycles. The van der Waals surface area contributed by atoms with E-state index in [9.17, 15) is 0 Å². The van der Waals surface area contributed by atoms with Crippen molar-refractivity contribution in [2.45, 2.75) is 90.9 Å². The van der Waals surface area contributed by atoms with Gasteiger partial charge >= 0.3 is 0 Å². The molecular weight excluding hydrogens is 484 g/mol. The topological polar surface area (TPSA) is 25.8 Å². The summed E-state index contributed by atoms with van der Waals surface area (Å²) in [4.78, 5) is 10.7. The molecule has 0 saturated heterocycles. The van der Waals surface area contributed by atoms with Crippen LogP contribution in [0.3, 0.4) is 0 Å².